The Kier molecular flexibility index (Phi) is 2.90. The number of halogens is 2. The minimum Gasteiger partial charge on any atom is -0.450 e. The lowest BCUT2D eigenvalue weighted by Gasteiger charge is -2.19. The molecule has 1 aliphatic heterocycles. The second kappa shape index (κ2) is 4.25. The maximum atomic E-state index is 13.0. The highest BCUT2D eigenvalue weighted by molar-refractivity contribution is 6.01. The topological polar surface area (TPSA) is 68.1 Å². The minimum atomic E-state index is -1.51. The van der Waals surface area contributed by atoms with E-state index in [4.69, 9.17) is 9.94 Å². The van der Waals surface area contributed by atoms with Crippen LogP contribution in [0.2, 0.25) is 0 Å². The summed E-state index contributed by atoms with van der Waals surface area (Å²) in [7, 11) is 0. The zero-order chi connectivity index (χ0) is 13.3. The van der Waals surface area contributed by atoms with Crippen molar-refractivity contribution in [2.24, 2.45) is 5.16 Å². The molecule has 2 rings (SSSR count). The molecule has 0 bridgehead atoms. The molecule has 1 atom stereocenters. The van der Waals surface area contributed by atoms with Gasteiger partial charge in [-0.2, -0.15) is 0 Å². The number of carboxylic acid groups (broad SMARTS) is 1. The molecule has 1 aromatic carbocycles. The van der Waals surface area contributed by atoms with Crippen LogP contribution in [0.15, 0.2) is 23.4 Å². The van der Waals surface area contributed by atoms with Crippen molar-refractivity contribution in [2.75, 3.05) is 0 Å². The van der Waals surface area contributed by atoms with Gasteiger partial charge in [0.05, 0.1) is 12.1 Å². The maximum absolute atomic E-state index is 13.0. The third-order valence-electron chi connectivity index (χ3n) is 2.34. The van der Waals surface area contributed by atoms with E-state index in [0.29, 0.717) is 0 Å². The first-order chi connectivity index (χ1) is 8.38. The zero-order valence-electron chi connectivity index (χ0n) is 9.31. The molecular formula is C11H9F2NO4. The highest BCUT2D eigenvalue weighted by Gasteiger charge is 2.39. The highest BCUT2D eigenvalue weighted by atomic mass is 19.1. The normalized spacial score (nSPS) is 22.3. The standard InChI is InChI=1S/C11H9F2NO4/c1-11(17-10(15)16)5-9(14-18-11)6-2-7(12)4-8(13)3-6/h2-4H,5H2,1H3,(H,15,16). The van der Waals surface area contributed by atoms with Crippen molar-refractivity contribution in [2.45, 2.75) is 19.1 Å². The quantitative estimate of drug-likeness (QED) is 0.826. The number of oxime groups is 1. The van der Waals surface area contributed by atoms with Crippen LogP contribution < -0.4 is 0 Å². The number of ether oxygens (including phenoxy) is 1. The van der Waals surface area contributed by atoms with Crippen LogP contribution in [-0.2, 0) is 9.57 Å². The van der Waals surface area contributed by atoms with Gasteiger partial charge < -0.3 is 14.7 Å². The highest BCUT2D eigenvalue weighted by Crippen LogP contribution is 2.28. The van der Waals surface area contributed by atoms with Gasteiger partial charge in [0.2, 0.25) is 0 Å². The van der Waals surface area contributed by atoms with Crippen molar-refractivity contribution >= 4 is 11.9 Å². The molecule has 0 fully saturated rings. The molecule has 1 unspecified atom stereocenters. The molecule has 1 aromatic rings. The van der Waals surface area contributed by atoms with Gasteiger partial charge >= 0.3 is 6.16 Å². The lowest BCUT2D eigenvalue weighted by atomic mass is 10.0. The van der Waals surface area contributed by atoms with Gasteiger partial charge in [-0.1, -0.05) is 5.16 Å². The average Bonchev–Trinajstić information content (AvgIpc) is 2.57. The lowest BCUT2D eigenvalue weighted by Crippen LogP contribution is -2.31. The van der Waals surface area contributed by atoms with Crippen LogP contribution in [0.25, 0.3) is 0 Å². The van der Waals surface area contributed by atoms with Gasteiger partial charge in [0.15, 0.2) is 0 Å². The summed E-state index contributed by atoms with van der Waals surface area (Å²) < 4.78 is 30.5. The van der Waals surface area contributed by atoms with Crippen molar-refractivity contribution in [3.8, 4) is 0 Å². The summed E-state index contributed by atoms with van der Waals surface area (Å²) in [6, 6.07) is 2.89. The summed E-state index contributed by atoms with van der Waals surface area (Å²) in [5, 5.41) is 12.1. The number of nitrogens with zero attached hydrogens (tertiary/aromatic N) is 1. The molecule has 1 N–H and O–H groups in total. The monoisotopic (exact) mass is 257 g/mol. The molecule has 18 heavy (non-hydrogen) atoms. The molecule has 5 nitrogen and oxygen atoms in total. The summed E-state index contributed by atoms with van der Waals surface area (Å²) >= 11 is 0. The first-order valence-electron chi connectivity index (χ1n) is 5.01. The van der Waals surface area contributed by atoms with Gasteiger partial charge in [0, 0.05) is 18.6 Å². The van der Waals surface area contributed by atoms with E-state index in [-0.39, 0.29) is 17.7 Å². The van der Waals surface area contributed by atoms with E-state index >= 15 is 0 Å². The smallest absolute Gasteiger partial charge is 0.450 e. The van der Waals surface area contributed by atoms with E-state index < -0.39 is 23.6 Å². The van der Waals surface area contributed by atoms with Crippen molar-refractivity contribution in [1.82, 2.24) is 0 Å². The van der Waals surface area contributed by atoms with E-state index in [1.165, 1.54) is 6.92 Å². The van der Waals surface area contributed by atoms with Gasteiger partial charge in [-0.05, 0) is 12.1 Å². The van der Waals surface area contributed by atoms with Crippen LogP contribution in [-0.4, -0.2) is 22.8 Å². The molecule has 96 valence electrons. The first-order valence-corrected chi connectivity index (χ1v) is 5.01. The van der Waals surface area contributed by atoms with Gasteiger partial charge in [0.25, 0.3) is 5.79 Å². The van der Waals surface area contributed by atoms with E-state index in [9.17, 15) is 13.6 Å². The van der Waals surface area contributed by atoms with E-state index in [2.05, 4.69) is 9.89 Å². The van der Waals surface area contributed by atoms with Crippen molar-refractivity contribution < 1.29 is 28.3 Å². The predicted molar refractivity (Wildman–Crippen MR) is 56.1 cm³/mol. The maximum Gasteiger partial charge on any atom is 0.509 e. The fraction of sp³-hybridized carbons (Fsp3) is 0.273. The number of carbonyl (C=O) groups is 1. The fourth-order valence-electron chi connectivity index (χ4n) is 1.63. The third-order valence-corrected chi connectivity index (χ3v) is 2.34. The summed E-state index contributed by atoms with van der Waals surface area (Å²) in [6.07, 6.45) is -1.54. The summed E-state index contributed by atoms with van der Waals surface area (Å²) in [4.78, 5) is 15.3. The molecule has 0 saturated carbocycles. The Morgan fingerprint density at radius 2 is 2.06 bits per heavy atom. The van der Waals surface area contributed by atoms with Crippen molar-refractivity contribution in [3.05, 3.63) is 35.4 Å². The van der Waals surface area contributed by atoms with Gasteiger partial charge in [-0.3, -0.25) is 0 Å². The predicted octanol–water partition coefficient (Wildman–Crippen LogP) is 2.50. The molecule has 0 saturated heterocycles. The van der Waals surface area contributed by atoms with Crippen LogP contribution >= 0.6 is 0 Å². The summed E-state index contributed by atoms with van der Waals surface area (Å²) in [5.74, 6) is -2.97. The van der Waals surface area contributed by atoms with Crippen molar-refractivity contribution in [1.29, 1.82) is 0 Å². The van der Waals surface area contributed by atoms with E-state index in [1.807, 2.05) is 0 Å². The fourth-order valence-corrected chi connectivity index (χ4v) is 1.63. The molecule has 1 aliphatic rings. The molecule has 0 spiro atoms. The largest absolute Gasteiger partial charge is 0.509 e. The van der Waals surface area contributed by atoms with Crippen LogP contribution in [0, 0.1) is 11.6 Å². The number of rotatable bonds is 2. The molecule has 1 heterocycles. The zero-order valence-corrected chi connectivity index (χ0v) is 9.31. The number of hydrogen-bond acceptors (Lipinski definition) is 4. The van der Waals surface area contributed by atoms with Gasteiger partial charge in [-0.25, -0.2) is 13.6 Å². The molecular weight excluding hydrogens is 248 g/mol. The summed E-state index contributed by atoms with van der Waals surface area (Å²) in [6.45, 7) is 1.37. The van der Waals surface area contributed by atoms with Crippen LogP contribution in [0.4, 0.5) is 13.6 Å². The van der Waals surface area contributed by atoms with Gasteiger partial charge in [0.1, 0.15) is 11.6 Å². The van der Waals surface area contributed by atoms with E-state index in [0.717, 1.165) is 18.2 Å². The molecule has 0 aliphatic carbocycles. The SMILES string of the molecule is CC1(OC(=O)O)CC(c2cc(F)cc(F)c2)=NO1. The first kappa shape index (κ1) is 12.3. The van der Waals surface area contributed by atoms with Crippen LogP contribution in [0.5, 0.6) is 0 Å². The second-order valence-corrected chi connectivity index (χ2v) is 3.97. The van der Waals surface area contributed by atoms with Gasteiger partial charge in [-0.15, -0.1) is 0 Å². The minimum absolute atomic E-state index is 0.0256. The number of benzene rings is 1. The van der Waals surface area contributed by atoms with Crippen molar-refractivity contribution in [3.63, 3.8) is 0 Å². The van der Waals surface area contributed by atoms with Crippen LogP contribution in [0.3, 0.4) is 0 Å². The van der Waals surface area contributed by atoms with Crippen LogP contribution in [0.1, 0.15) is 18.9 Å². The second-order valence-electron chi connectivity index (χ2n) is 3.97. The third kappa shape index (κ3) is 2.55. The Hall–Kier alpha value is -2.18. The molecule has 0 amide bonds. The van der Waals surface area contributed by atoms with E-state index in [1.54, 1.807) is 0 Å². The Morgan fingerprint density at radius 1 is 1.44 bits per heavy atom. The Bertz CT molecular complexity index is 512. The number of hydrogen-bond donors (Lipinski definition) is 1. The lowest BCUT2D eigenvalue weighted by molar-refractivity contribution is -0.180. The Balaban J connectivity index is 2.19. The Morgan fingerprint density at radius 3 is 2.61 bits per heavy atom. The Labute approximate surface area is 101 Å². The summed E-state index contributed by atoms with van der Waals surface area (Å²) in [5.41, 5.74) is 0.405. The average molecular weight is 257 g/mol. The molecule has 0 radical (unpaired) electrons. The molecule has 7 heteroatoms. The molecule has 0 aromatic heterocycles.